The smallest absolute Gasteiger partial charge is 0.0701 e. The maximum atomic E-state index is 3.67. The van der Waals surface area contributed by atoms with Gasteiger partial charge in [-0.1, -0.05) is 80.6 Å². The van der Waals surface area contributed by atoms with Crippen molar-refractivity contribution in [3.63, 3.8) is 0 Å². The second kappa shape index (κ2) is 6.23. The fourth-order valence-electron chi connectivity index (χ4n) is 3.11. The molecule has 0 fully saturated rings. The molecule has 112 valence electrons. The number of rotatable bonds is 3. The van der Waals surface area contributed by atoms with Crippen LogP contribution in [0.2, 0.25) is 0 Å². The lowest BCUT2D eigenvalue weighted by Gasteiger charge is -2.26. The van der Waals surface area contributed by atoms with Gasteiger partial charge in [0.05, 0.1) is 6.04 Å². The second-order valence-electron chi connectivity index (χ2n) is 6.17. The predicted molar refractivity (Wildman–Crippen MR) is 94.6 cm³/mol. The zero-order chi connectivity index (χ0) is 15.5. The van der Waals surface area contributed by atoms with Gasteiger partial charge in [0.15, 0.2) is 0 Å². The number of nitrogens with one attached hydrogen (secondary N) is 1. The topological polar surface area (TPSA) is 12.0 Å². The first-order valence-electron chi connectivity index (χ1n) is 7.96. The summed E-state index contributed by atoms with van der Waals surface area (Å²) in [6, 6.07) is 19.5. The molecule has 1 aliphatic heterocycles. The lowest BCUT2D eigenvalue weighted by molar-refractivity contribution is 0.689. The van der Waals surface area contributed by atoms with E-state index in [0.717, 1.165) is 0 Å². The molecule has 22 heavy (non-hydrogen) atoms. The third-order valence-electron chi connectivity index (χ3n) is 4.27. The maximum absolute atomic E-state index is 3.67. The van der Waals surface area contributed by atoms with Gasteiger partial charge in [0.25, 0.3) is 0 Å². The molecule has 1 nitrogen and oxygen atoms in total. The lowest BCUT2D eigenvalue weighted by Crippen LogP contribution is -2.22. The van der Waals surface area contributed by atoms with Crippen molar-refractivity contribution in [3.8, 4) is 0 Å². The maximum Gasteiger partial charge on any atom is 0.0701 e. The Morgan fingerprint density at radius 3 is 2.27 bits per heavy atom. The van der Waals surface area contributed by atoms with Gasteiger partial charge in [0.1, 0.15) is 0 Å². The van der Waals surface area contributed by atoms with Gasteiger partial charge in [0.2, 0.25) is 0 Å². The van der Waals surface area contributed by atoms with Crippen LogP contribution in [0.1, 0.15) is 49.4 Å². The van der Waals surface area contributed by atoms with Crippen LogP contribution < -0.4 is 5.32 Å². The summed E-state index contributed by atoms with van der Waals surface area (Å²) in [5.74, 6) is 0.534. The Morgan fingerprint density at radius 2 is 1.59 bits per heavy atom. The highest BCUT2D eigenvalue weighted by molar-refractivity contribution is 5.77. The fraction of sp³-hybridized carbons (Fsp3) is 0.238. The van der Waals surface area contributed by atoms with Crippen LogP contribution in [0.5, 0.6) is 0 Å². The number of hydrogen-bond donors (Lipinski definition) is 1. The summed E-state index contributed by atoms with van der Waals surface area (Å²) in [5.41, 5.74) is 6.57. The SMILES string of the molecule is CC1=C(c2ccccc2)C=CC(c2ccccc2C(C)C)N1. The van der Waals surface area contributed by atoms with Crippen molar-refractivity contribution in [2.75, 3.05) is 0 Å². The minimum atomic E-state index is 0.256. The Bertz CT molecular complexity index is 708. The summed E-state index contributed by atoms with van der Waals surface area (Å²) < 4.78 is 0. The molecule has 2 aromatic carbocycles. The normalized spacial score (nSPS) is 17.7. The van der Waals surface area contributed by atoms with E-state index in [1.54, 1.807) is 0 Å². The number of dihydropyridines is 1. The summed E-state index contributed by atoms with van der Waals surface area (Å²) >= 11 is 0. The second-order valence-corrected chi connectivity index (χ2v) is 6.17. The van der Waals surface area contributed by atoms with E-state index < -0.39 is 0 Å². The average Bonchev–Trinajstić information content (AvgIpc) is 2.55. The molecule has 1 heteroatoms. The van der Waals surface area contributed by atoms with Crippen molar-refractivity contribution in [1.29, 1.82) is 0 Å². The van der Waals surface area contributed by atoms with Gasteiger partial charge < -0.3 is 5.32 Å². The van der Waals surface area contributed by atoms with Gasteiger partial charge in [-0.3, -0.25) is 0 Å². The first-order valence-corrected chi connectivity index (χ1v) is 7.96. The van der Waals surface area contributed by atoms with Crippen molar-refractivity contribution in [3.05, 3.63) is 89.1 Å². The molecule has 1 aliphatic rings. The van der Waals surface area contributed by atoms with E-state index in [1.165, 1.54) is 28.0 Å². The fourth-order valence-corrected chi connectivity index (χ4v) is 3.11. The zero-order valence-electron chi connectivity index (χ0n) is 13.5. The Kier molecular flexibility index (Phi) is 4.15. The highest BCUT2D eigenvalue weighted by Gasteiger charge is 2.18. The van der Waals surface area contributed by atoms with Crippen LogP contribution >= 0.6 is 0 Å². The van der Waals surface area contributed by atoms with Gasteiger partial charge in [-0.05, 0) is 29.5 Å². The largest absolute Gasteiger partial charge is 0.378 e. The molecule has 3 rings (SSSR count). The highest BCUT2D eigenvalue weighted by atomic mass is 14.9. The van der Waals surface area contributed by atoms with E-state index in [2.05, 4.69) is 92.8 Å². The van der Waals surface area contributed by atoms with Crippen molar-refractivity contribution in [2.45, 2.75) is 32.7 Å². The molecule has 0 saturated heterocycles. The van der Waals surface area contributed by atoms with Crippen LogP contribution in [0, 0.1) is 0 Å². The molecule has 1 unspecified atom stereocenters. The van der Waals surface area contributed by atoms with E-state index >= 15 is 0 Å². The van der Waals surface area contributed by atoms with Gasteiger partial charge in [-0.2, -0.15) is 0 Å². The Hall–Kier alpha value is -2.28. The molecule has 0 aromatic heterocycles. The van der Waals surface area contributed by atoms with Crippen molar-refractivity contribution >= 4 is 5.57 Å². The van der Waals surface area contributed by atoms with Crippen LogP contribution in [0.3, 0.4) is 0 Å². The van der Waals surface area contributed by atoms with Gasteiger partial charge >= 0.3 is 0 Å². The molecular formula is C21H23N. The van der Waals surface area contributed by atoms with Crippen molar-refractivity contribution in [1.82, 2.24) is 5.32 Å². The first-order chi connectivity index (χ1) is 10.7. The lowest BCUT2D eigenvalue weighted by atomic mass is 9.90. The van der Waals surface area contributed by atoms with Crippen LogP contribution in [0.25, 0.3) is 5.57 Å². The van der Waals surface area contributed by atoms with E-state index in [0.29, 0.717) is 5.92 Å². The molecule has 0 radical (unpaired) electrons. The summed E-state index contributed by atoms with van der Waals surface area (Å²) in [7, 11) is 0. The minimum absolute atomic E-state index is 0.256. The van der Waals surface area contributed by atoms with Crippen LogP contribution in [0.15, 0.2) is 72.4 Å². The standard InChI is InChI=1S/C21H23N/c1-15(2)18-11-7-8-12-20(18)21-14-13-19(16(3)22-21)17-9-5-4-6-10-17/h4-15,21-22H,1-3H3. The monoisotopic (exact) mass is 289 g/mol. The highest BCUT2D eigenvalue weighted by Crippen LogP contribution is 2.31. The van der Waals surface area contributed by atoms with E-state index in [9.17, 15) is 0 Å². The van der Waals surface area contributed by atoms with Crippen molar-refractivity contribution in [2.24, 2.45) is 0 Å². The molecule has 2 aromatic rings. The molecule has 1 N–H and O–H groups in total. The number of benzene rings is 2. The molecule has 0 bridgehead atoms. The summed E-state index contributed by atoms with van der Waals surface area (Å²) in [6.45, 7) is 6.67. The molecule has 0 amide bonds. The third-order valence-corrected chi connectivity index (χ3v) is 4.27. The van der Waals surface area contributed by atoms with E-state index in [4.69, 9.17) is 0 Å². The Morgan fingerprint density at radius 1 is 0.909 bits per heavy atom. The summed E-state index contributed by atoms with van der Waals surface area (Å²) in [5, 5.41) is 3.67. The molecule has 1 heterocycles. The number of hydrogen-bond acceptors (Lipinski definition) is 1. The van der Waals surface area contributed by atoms with Gasteiger partial charge in [-0.25, -0.2) is 0 Å². The molecule has 1 atom stereocenters. The summed E-state index contributed by atoms with van der Waals surface area (Å²) in [4.78, 5) is 0. The first kappa shape index (κ1) is 14.6. The van der Waals surface area contributed by atoms with Crippen LogP contribution in [-0.2, 0) is 0 Å². The molecule has 0 saturated carbocycles. The average molecular weight is 289 g/mol. The summed E-state index contributed by atoms with van der Waals surface area (Å²) in [6.07, 6.45) is 4.53. The van der Waals surface area contributed by atoms with Crippen molar-refractivity contribution < 1.29 is 0 Å². The number of allylic oxidation sites excluding steroid dienone is 3. The predicted octanol–water partition coefficient (Wildman–Crippen LogP) is 5.44. The van der Waals surface area contributed by atoms with Gasteiger partial charge in [0, 0.05) is 11.3 Å². The quantitative estimate of drug-likeness (QED) is 0.793. The Balaban J connectivity index is 1.91. The van der Waals surface area contributed by atoms with Crippen LogP contribution in [0.4, 0.5) is 0 Å². The van der Waals surface area contributed by atoms with Gasteiger partial charge in [-0.15, -0.1) is 0 Å². The van der Waals surface area contributed by atoms with E-state index in [1.807, 2.05) is 0 Å². The molecule has 0 aliphatic carbocycles. The zero-order valence-corrected chi connectivity index (χ0v) is 13.5. The molecular weight excluding hydrogens is 266 g/mol. The Labute approximate surface area is 133 Å². The molecule has 0 spiro atoms. The van der Waals surface area contributed by atoms with Crippen LogP contribution in [-0.4, -0.2) is 0 Å². The third kappa shape index (κ3) is 2.85. The minimum Gasteiger partial charge on any atom is -0.378 e. The van der Waals surface area contributed by atoms with E-state index in [-0.39, 0.29) is 6.04 Å².